The fourth-order valence-corrected chi connectivity index (χ4v) is 3.93. The number of ether oxygens (including phenoxy) is 1. The lowest BCUT2D eigenvalue weighted by Gasteiger charge is -2.40. The second-order valence-corrected chi connectivity index (χ2v) is 7.92. The summed E-state index contributed by atoms with van der Waals surface area (Å²) >= 11 is 0. The van der Waals surface area contributed by atoms with E-state index in [0.717, 1.165) is 55.9 Å². The van der Waals surface area contributed by atoms with E-state index >= 15 is 0 Å². The molecule has 0 spiro atoms. The highest BCUT2D eigenvalue weighted by Crippen LogP contribution is 2.41. The van der Waals surface area contributed by atoms with E-state index in [1.807, 2.05) is 35.2 Å². The average molecular weight is 384 g/mol. The Morgan fingerprint density at radius 1 is 1.36 bits per heavy atom. The number of hydrogen-bond donors (Lipinski definition) is 1. The number of rotatable bonds is 7. The number of piperidine rings is 1. The second kappa shape index (κ2) is 8.31. The van der Waals surface area contributed by atoms with E-state index in [2.05, 4.69) is 10.5 Å². The van der Waals surface area contributed by atoms with Crippen LogP contribution in [-0.2, 0) is 16.7 Å². The highest BCUT2D eigenvalue weighted by atomic mass is 16.5. The first-order valence-electron chi connectivity index (χ1n) is 10.1. The Bertz CT molecular complexity index is 790. The Kier molecular flexibility index (Phi) is 5.62. The number of nitrogens with zero attached hydrogens (tertiary/aromatic N) is 3. The van der Waals surface area contributed by atoms with E-state index in [1.165, 1.54) is 0 Å². The van der Waals surface area contributed by atoms with Crippen molar-refractivity contribution in [3.63, 3.8) is 0 Å². The lowest BCUT2D eigenvalue weighted by molar-refractivity contribution is 0.106. The molecule has 1 aromatic carbocycles. The number of benzene rings is 1. The molecule has 2 aliphatic rings. The maximum atomic E-state index is 12.8. The van der Waals surface area contributed by atoms with Gasteiger partial charge in [-0.05, 0) is 37.7 Å². The molecule has 1 aromatic heterocycles. The van der Waals surface area contributed by atoms with Crippen LogP contribution < -0.4 is 5.32 Å². The molecule has 1 saturated heterocycles. The van der Waals surface area contributed by atoms with Gasteiger partial charge in [0.15, 0.2) is 5.82 Å². The van der Waals surface area contributed by atoms with E-state index in [-0.39, 0.29) is 11.4 Å². The van der Waals surface area contributed by atoms with Crippen LogP contribution in [0.5, 0.6) is 0 Å². The predicted molar refractivity (Wildman–Crippen MR) is 104 cm³/mol. The quantitative estimate of drug-likeness (QED) is 0.793. The van der Waals surface area contributed by atoms with Crippen LogP contribution >= 0.6 is 0 Å². The molecule has 4 rings (SSSR count). The summed E-state index contributed by atoms with van der Waals surface area (Å²) in [4.78, 5) is 19.4. The van der Waals surface area contributed by atoms with Crippen molar-refractivity contribution in [1.29, 1.82) is 0 Å². The number of urea groups is 1. The van der Waals surface area contributed by atoms with Crippen LogP contribution in [-0.4, -0.2) is 47.9 Å². The minimum Gasteiger partial charge on any atom is -0.385 e. The van der Waals surface area contributed by atoms with E-state index in [1.54, 1.807) is 7.11 Å². The zero-order valence-electron chi connectivity index (χ0n) is 16.4. The number of methoxy groups -OCH3 is 1. The third kappa shape index (κ3) is 4.19. The maximum Gasteiger partial charge on any atom is 0.317 e. The molecule has 1 aliphatic heterocycles. The summed E-state index contributed by atoms with van der Waals surface area (Å²) in [6, 6.07) is 9.91. The summed E-state index contributed by atoms with van der Waals surface area (Å²) in [7, 11) is 1.70. The predicted octanol–water partition coefficient (Wildman–Crippen LogP) is 3.23. The van der Waals surface area contributed by atoms with E-state index in [0.29, 0.717) is 25.6 Å². The molecule has 2 fully saturated rings. The summed E-state index contributed by atoms with van der Waals surface area (Å²) in [6.45, 7) is 2.45. The Morgan fingerprint density at radius 3 is 2.93 bits per heavy atom. The molecule has 7 heteroatoms. The minimum atomic E-state index is -0.311. The normalized spacial score (nSPS) is 22.2. The molecule has 28 heavy (non-hydrogen) atoms. The first kappa shape index (κ1) is 18.9. The molecule has 7 nitrogen and oxygen atoms in total. The van der Waals surface area contributed by atoms with Crippen LogP contribution in [0.15, 0.2) is 34.9 Å². The maximum absolute atomic E-state index is 12.8. The Balaban J connectivity index is 1.46. The fourth-order valence-electron chi connectivity index (χ4n) is 3.93. The average Bonchev–Trinajstić information content (AvgIpc) is 3.47. The van der Waals surface area contributed by atoms with E-state index < -0.39 is 0 Å². The number of amides is 2. The molecular weight excluding hydrogens is 356 g/mol. The molecule has 0 bridgehead atoms. The number of aromatic nitrogens is 2. The van der Waals surface area contributed by atoms with Crippen molar-refractivity contribution in [3.8, 4) is 0 Å². The third-order valence-electron chi connectivity index (χ3n) is 5.78. The first-order valence-corrected chi connectivity index (χ1v) is 10.1. The largest absolute Gasteiger partial charge is 0.385 e. The van der Waals surface area contributed by atoms with Gasteiger partial charge in [-0.25, -0.2) is 4.79 Å². The van der Waals surface area contributed by atoms with Crippen LogP contribution in [0.1, 0.15) is 55.3 Å². The molecule has 2 aromatic rings. The minimum absolute atomic E-state index is 0.0451. The number of carbonyl (C=O) groups excluding carboxylic acids is 1. The molecule has 150 valence electrons. The highest BCUT2D eigenvalue weighted by molar-refractivity contribution is 5.74. The SMILES string of the molecule is COCCC1(c2noc(C3CC3)n2)CCCN(C(=O)NCc2ccccc2)C1. The number of likely N-dealkylation sites (tertiary alicyclic amines) is 1. The summed E-state index contributed by atoms with van der Waals surface area (Å²) in [6.07, 6.45) is 4.87. The molecular formula is C21H28N4O3. The van der Waals surface area contributed by atoms with Crippen LogP contribution in [0.2, 0.25) is 0 Å². The lowest BCUT2D eigenvalue weighted by atomic mass is 9.76. The van der Waals surface area contributed by atoms with Gasteiger partial charge in [-0.15, -0.1) is 0 Å². The topological polar surface area (TPSA) is 80.5 Å². The zero-order chi connectivity index (χ0) is 19.4. The van der Waals surface area contributed by atoms with Crippen molar-refractivity contribution in [2.24, 2.45) is 0 Å². The molecule has 1 N–H and O–H groups in total. The number of carbonyl (C=O) groups is 1. The van der Waals surface area contributed by atoms with Gasteiger partial charge in [0.05, 0.1) is 5.41 Å². The monoisotopic (exact) mass is 384 g/mol. The summed E-state index contributed by atoms with van der Waals surface area (Å²) in [5.74, 6) is 1.90. The highest BCUT2D eigenvalue weighted by Gasteiger charge is 2.43. The van der Waals surface area contributed by atoms with E-state index in [4.69, 9.17) is 14.2 Å². The molecule has 1 saturated carbocycles. The number of nitrogens with one attached hydrogen (secondary N) is 1. The fraction of sp³-hybridized carbons (Fsp3) is 0.571. The van der Waals surface area contributed by atoms with Gasteiger partial charge in [0.25, 0.3) is 0 Å². The molecule has 1 unspecified atom stereocenters. The molecule has 2 heterocycles. The standard InChI is InChI=1S/C21H28N4O3/c1-27-13-11-21(19-23-18(28-24-19)17-8-9-17)10-5-12-25(15-21)20(26)22-14-16-6-3-2-4-7-16/h2-4,6-7,17H,5,8-15H2,1H3,(H,22,26). The molecule has 0 radical (unpaired) electrons. The van der Waals surface area contributed by atoms with E-state index in [9.17, 15) is 4.79 Å². The number of hydrogen-bond acceptors (Lipinski definition) is 5. The van der Waals surface area contributed by atoms with Crippen LogP contribution in [0.25, 0.3) is 0 Å². The second-order valence-electron chi connectivity index (χ2n) is 7.92. The van der Waals surface area contributed by atoms with Gasteiger partial charge >= 0.3 is 6.03 Å². The Morgan fingerprint density at radius 2 is 2.18 bits per heavy atom. The van der Waals surface area contributed by atoms with Crippen molar-refractivity contribution < 1.29 is 14.1 Å². The van der Waals surface area contributed by atoms with Crippen molar-refractivity contribution in [3.05, 3.63) is 47.6 Å². The molecule has 1 atom stereocenters. The van der Waals surface area contributed by atoms with Crippen molar-refractivity contribution >= 4 is 6.03 Å². The van der Waals surface area contributed by atoms with Gasteiger partial charge in [-0.1, -0.05) is 35.5 Å². The summed E-state index contributed by atoms with van der Waals surface area (Å²) in [5.41, 5.74) is 0.778. The first-order chi connectivity index (χ1) is 13.7. The van der Waals surface area contributed by atoms with Gasteiger partial charge in [0, 0.05) is 39.3 Å². The lowest BCUT2D eigenvalue weighted by Crippen LogP contribution is -2.52. The summed E-state index contributed by atoms with van der Waals surface area (Å²) in [5, 5.41) is 7.35. The smallest absolute Gasteiger partial charge is 0.317 e. The van der Waals surface area contributed by atoms with Crippen molar-refractivity contribution in [2.45, 2.75) is 50.0 Å². The van der Waals surface area contributed by atoms with Gasteiger partial charge in [0.2, 0.25) is 5.89 Å². The summed E-state index contributed by atoms with van der Waals surface area (Å²) < 4.78 is 10.9. The molecule has 1 aliphatic carbocycles. The van der Waals surface area contributed by atoms with Gasteiger partial charge < -0.3 is 19.5 Å². The van der Waals surface area contributed by atoms with Gasteiger partial charge in [-0.2, -0.15) is 4.98 Å². The van der Waals surface area contributed by atoms with Crippen molar-refractivity contribution in [1.82, 2.24) is 20.4 Å². The third-order valence-corrected chi connectivity index (χ3v) is 5.78. The van der Waals surface area contributed by atoms with Crippen LogP contribution in [0, 0.1) is 0 Å². The Hall–Kier alpha value is -2.41. The Labute approximate surface area is 165 Å². The van der Waals surface area contributed by atoms with Crippen LogP contribution in [0.4, 0.5) is 4.79 Å². The van der Waals surface area contributed by atoms with Crippen LogP contribution in [0.3, 0.4) is 0 Å². The van der Waals surface area contributed by atoms with Gasteiger partial charge in [-0.3, -0.25) is 0 Å². The molecule has 2 amide bonds. The van der Waals surface area contributed by atoms with Crippen molar-refractivity contribution in [2.75, 3.05) is 26.8 Å². The van der Waals surface area contributed by atoms with Gasteiger partial charge in [0.1, 0.15) is 0 Å². The zero-order valence-corrected chi connectivity index (χ0v) is 16.4.